The molecule has 2 rings (SSSR count). The highest BCUT2D eigenvalue weighted by Crippen LogP contribution is 2.25. The Bertz CT molecular complexity index is 858. The van der Waals surface area contributed by atoms with E-state index in [0.717, 1.165) is 4.57 Å². The summed E-state index contributed by atoms with van der Waals surface area (Å²) in [6.07, 6.45) is 0. The first kappa shape index (κ1) is 16.3. The molecule has 6 nitrogen and oxygen atoms in total. The van der Waals surface area contributed by atoms with Crippen molar-refractivity contribution < 1.29 is 14.6 Å². The van der Waals surface area contributed by atoms with Crippen LogP contribution in [0.25, 0.3) is 0 Å². The van der Waals surface area contributed by atoms with Gasteiger partial charge in [0, 0.05) is 12.6 Å². The lowest BCUT2D eigenvalue weighted by Gasteiger charge is -2.12. The van der Waals surface area contributed by atoms with Crippen LogP contribution < -0.4 is 10.3 Å². The number of ketones is 1. The van der Waals surface area contributed by atoms with Gasteiger partial charge in [-0.25, -0.2) is 0 Å². The summed E-state index contributed by atoms with van der Waals surface area (Å²) >= 11 is 0. The number of hydrogen-bond acceptors (Lipinski definition) is 5. The largest absolute Gasteiger partial charge is 0.494 e. The zero-order chi connectivity index (χ0) is 17.1. The number of carbonyl (C=O) groups is 1. The van der Waals surface area contributed by atoms with Crippen LogP contribution in [0.4, 0.5) is 0 Å². The van der Waals surface area contributed by atoms with E-state index in [0.29, 0.717) is 17.9 Å². The summed E-state index contributed by atoms with van der Waals surface area (Å²) in [5, 5.41) is 19.3. The Morgan fingerprint density at radius 3 is 2.48 bits per heavy atom. The number of rotatable bonds is 4. The van der Waals surface area contributed by atoms with Crippen LogP contribution in [0, 0.1) is 18.3 Å². The smallest absolute Gasteiger partial charge is 0.271 e. The maximum atomic E-state index is 12.7. The molecule has 0 saturated heterocycles. The minimum absolute atomic E-state index is 0.0483. The molecule has 0 amide bonds. The molecule has 6 heteroatoms. The third-order valence-corrected chi connectivity index (χ3v) is 3.58. The molecular formula is C17H16N2O4. The molecule has 0 radical (unpaired) electrons. The van der Waals surface area contributed by atoms with E-state index in [1.54, 1.807) is 30.3 Å². The van der Waals surface area contributed by atoms with Gasteiger partial charge in [0.15, 0.2) is 5.78 Å². The minimum atomic E-state index is -0.634. The van der Waals surface area contributed by atoms with Crippen molar-refractivity contribution in [3.8, 4) is 17.7 Å². The number of hydrogen-bond donors (Lipinski definition) is 1. The number of carbonyl (C=O) groups excluding carboxylic acids is 1. The quantitative estimate of drug-likeness (QED) is 0.870. The van der Waals surface area contributed by atoms with Gasteiger partial charge in [-0.1, -0.05) is 0 Å². The van der Waals surface area contributed by atoms with E-state index in [-0.39, 0.29) is 16.7 Å². The average molecular weight is 312 g/mol. The Labute approximate surface area is 133 Å². The van der Waals surface area contributed by atoms with Crippen LogP contribution in [0.5, 0.6) is 11.6 Å². The number of aromatic nitrogens is 1. The van der Waals surface area contributed by atoms with E-state index < -0.39 is 17.2 Å². The van der Waals surface area contributed by atoms with Crippen LogP contribution >= 0.6 is 0 Å². The van der Waals surface area contributed by atoms with Gasteiger partial charge >= 0.3 is 0 Å². The predicted octanol–water partition coefficient (Wildman–Crippen LogP) is 1.90. The predicted molar refractivity (Wildman–Crippen MR) is 83.8 cm³/mol. The Morgan fingerprint density at radius 2 is 1.96 bits per heavy atom. The summed E-state index contributed by atoms with van der Waals surface area (Å²) in [5.41, 5.74) is -0.334. The van der Waals surface area contributed by atoms with Crippen molar-refractivity contribution in [1.82, 2.24) is 4.57 Å². The number of nitriles is 1. The molecule has 1 N–H and O–H groups in total. The summed E-state index contributed by atoms with van der Waals surface area (Å²) in [7, 11) is 1.31. The molecule has 0 aliphatic rings. The molecular weight excluding hydrogens is 296 g/mol. The van der Waals surface area contributed by atoms with E-state index in [4.69, 9.17) is 10.00 Å². The van der Waals surface area contributed by atoms with Gasteiger partial charge in [-0.05, 0) is 43.7 Å². The lowest BCUT2D eigenvalue weighted by atomic mass is 9.97. The molecule has 0 aliphatic heterocycles. The second-order valence-electron chi connectivity index (χ2n) is 4.96. The topological polar surface area (TPSA) is 92.3 Å². The molecule has 1 aromatic heterocycles. The van der Waals surface area contributed by atoms with Crippen LogP contribution in [0.2, 0.25) is 0 Å². The van der Waals surface area contributed by atoms with E-state index in [1.807, 2.05) is 6.92 Å². The van der Waals surface area contributed by atoms with E-state index in [2.05, 4.69) is 0 Å². The molecule has 1 heterocycles. The summed E-state index contributed by atoms with van der Waals surface area (Å²) in [6, 6.07) is 8.23. The van der Waals surface area contributed by atoms with Crippen molar-refractivity contribution in [2.24, 2.45) is 7.05 Å². The van der Waals surface area contributed by atoms with Gasteiger partial charge < -0.3 is 9.84 Å². The molecule has 0 aliphatic carbocycles. The van der Waals surface area contributed by atoms with Gasteiger partial charge in [-0.3, -0.25) is 14.2 Å². The molecule has 0 unspecified atom stereocenters. The lowest BCUT2D eigenvalue weighted by Crippen LogP contribution is -2.24. The second kappa shape index (κ2) is 6.36. The van der Waals surface area contributed by atoms with Gasteiger partial charge in [0.05, 0.1) is 12.2 Å². The van der Waals surface area contributed by atoms with Crippen molar-refractivity contribution in [2.75, 3.05) is 6.61 Å². The fourth-order valence-electron chi connectivity index (χ4n) is 2.30. The first-order valence-corrected chi connectivity index (χ1v) is 7.02. The molecule has 0 fully saturated rings. The van der Waals surface area contributed by atoms with Crippen LogP contribution in [0.3, 0.4) is 0 Å². The Morgan fingerprint density at radius 1 is 1.35 bits per heavy atom. The van der Waals surface area contributed by atoms with Gasteiger partial charge in [0.2, 0.25) is 5.88 Å². The zero-order valence-corrected chi connectivity index (χ0v) is 13.1. The number of nitrogens with zero attached hydrogens (tertiary/aromatic N) is 2. The Hall–Kier alpha value is -3.07. The van der Waals surface area contributed by atoms with Crippen LogP contribution in [0.1, 0.15) is 34.0 Å². The molecule has 0 saturated carbocycles. The van der Waals surface area contributed by atoms with Crippen molar-refractivity contribution in [3.63, 3.8) is 0 Å². The summed E-state index contributed by atoms with van der Waals surface area (Å²) in [4.78, 5) is 24.6. The fourth-order valence-corrected chi connectivity index (χ4v) is 2.30. The maximum Gasteiger partial charge on any atom is 0.271 e. The van der Waals surface area contributed by atoms with Crippen LogP contribution in [-0.2, 0) is 7.05 Å². The van der Waals surface area contributed by atoms with E-state index in [9.17, 15) is 14.7 Å². The molecule has 118 valence electrons. The van der Waals surface area contributed by atoms with Crippen molar-refractivity contribution >= 4 is 5.78 Å². The third kappa shape index (κ3) is 2.81. The highest BCUT2D eigenvalue weighted by atomic mass is 16.5. The normalized spacial score (nSPS) is 10.2. The fraction of sp³-hybridized carbons (Fsp3) is 0.235. The molecule has 0 bridgehead atoms. The van der Waals surface area contributed by atoms with Crippen molar-refractivity contribution in [2.45, 2.75) is 13.8 Å². The molecule has 0 atom stereocenters. The number of pyridine rings is 1. The van der Waals surface area contributed by atoms with Crippen LogP contribution in [-0.4, -0.2) is 22.1 Å². The summed E-state index contributed by atoms with van der Waals surface area (Å²) < 4.78 is 6.21. The summed E-state index contributed by atoms with van der Waals surface area (Å²) in [5.74, 6) is -0.288. The monoisotopic (exact) mass is 312 g/mol. The second-order valence-corrected chi connectivity index (χ2v) is 4.96. The van der Waals surface area contributed by atoms with Crippen LogP contribution in [0.15, 0.2) is 29.1 Å². The molecule has 1 aromatic carbocycles. The summed E-state index contributed by atoms with van der Waals surface area (Å²) in [6.45, 7) is 3.84. The molecule has 23 heavy (non-hydrogen) atoms. The first-order chi connectivity index (χ1) is 10.9. The van der Waals surface area contributed by atoms with Crippen molar-refractivity contribution in [3.05, 3.63) is 56.9 Å². The molecule has 2 aromatic rings. The third-order valence-electron chi connectivity index (χ3n) is 3.58. The van der Waals surface area contributed by atoms with Crippen molar-refractivity contribution in [1.29, 1.82) is 5.26 Å². The zero-order valence-electron chi connectivity index (χ0n) is 13.1. The minimum Gasteiger partial charge on any atom is -0.494 e. The first-order valence-electron chi connectivity index (χ1n) is 7.02. The highest BCUT2D eigenvalue weighted by molar-refractivity contribution is 6.11. The average Bonchev–Trinajstić information content (AvgIpc) is 2.54. The lowest BCUT2D eigenvalue weighted by molar-refractivity contribution is 0.103. The SMILES string of the molecule is CCOc1ccc(C(=O)c2c(C)c(C#N)c(=O)n(C)c2O)cc1. The van der Waals surface area contributed by atoms with Gasteiger partial charge in [0.25, 0.3) is 5.56 Å². The number of ether oxygens (including phenoxy) is 1. The van der Waals surface area contributed by atoms with Gasteiger partial charge in [-0.15, -0.1) is 0 Å². The maximum absolute atomic E-state index is 12.7. The number of aromatic hydroxyl groups is 1. The van der Waals surface area contributed by atoms with E-state index in [1.165, 1.54) is 14.0 Å². The molecule has 0 spiro atoms. The van der Waals surface area contributed by atoms with Gasteiger partial charge in [-0.2, -0.15) is 5.26 Å². The Balaban J connectivity index is 2.58. The van der Waals surface area contributed by atoms with Gasteiger partial charge in [0.1, 0.15) is 17.4 Å². The Kier molecular flexibility index (Phi) is 4.51. The van der Waals surface area contributed by atoms with E-state index >= 15 is 0 Å². The highest BCUT2D eigenvalue weighted by Gasteiger charge is 2.23. The standard InChI is InChI=1S/C17H16N2O4/c1-4-23-12-7-5-11(6-8-12)15(20)14-10(2)13(9-18)16(21)19(3)17(14)22/h5-8,22H,4H2,1-3H3. The number of benzene rings is 1.